The molecule has 0 aromatic carbocycles. The minimum Gasteiger partial charge on any atom is -0.382 e. The van der Waals surface area contributed by atoms with Gasteiger partial charge in [0.05, 0.1) is 44.1 Å². The molecule has 2 aromatic rings. The SMILES string of the molecule is COCC(COC)n1c(NS(=O)(=O)C(C)C(OC)c2ncc(Cl)cn2)nnc1[C@@H]1COCCO1. The Morgan fingerprint density at radius 1 is 1.18 bits per heavy atom. The molecule has 1 N–H and O–H groups in total. The van der Waals surface area contributed by atoms with E-state index in [4.69, 9.17) is 35.3 Å². The Bertz CT molecular complexity index is 1010. The Labute approximate surface area is 203 Å². The van der Waals surface area contributed by atoms with Crippen molar-refractivity contribution >= 4 is 27.6 Å². The molecule has 2 unspecified atom stereocenters. The van der Waals surface area contributed by atoms with Gasteiger partial charge >= 0.3 is 0 Å². The molecule has 1 saturated heterocycles. The van der Waals surface area contributed by atoms with Crippen molar-refractivity contribution in [3.05, 3.63) is 29.1 Å². The number of methoxy groups -OCH3 is 3. The van der Waals surface area contributed by atoms with Crippen LogP contribution in [-0.2, 0) is 33.7 Å². The van der Waals surface area contributed by atoms with Gasteiger partial charge in [0.2, 0.25) is 16.0 Å². The summed E-state index contributed by atoms with van der Waals surface area (Å²) in [7, 11) is 0.398. The van der Waals surface area contributed by atoms with Crippen LogP contribution in [0.3, 0.4) is 0 Å². The summed E-state index contributed by atoms with van der Waals surface area (Å²) in [6, 6.07) is -0.434. The van der Waals surface area contributed by atoms with E-state index in [1.807, 2.05) is 0 Å². The summed E-state index contributed by atoms with van der Waals surface area (Å²) in [5.41, 5.74) is 0. The Morgan fingerprint density at radius 3 is 2.41 bits per heavy atom. The van der Waals surface area contributed by atoms with Gasteiger partial charge in [-0.3, -0.25) is 9.29 Å². The van der Waals surface area contributed by atoms with Gasteiger partial charge in [0.25, 0.3) is 0 Å². The standard InChI is InChI=1S/C19H29ClN6O7S/c1-12(16(31-4)17-21-7-13(20)8-22-17)34(27,28)25-19-24-23-18(15-11-32-5-6-33-15)26(19)14(9-29-2)10-30-3/h7-8,12,14-16H,5-6,9-11H2,1-4H3,(H,24,25)/t12?,15-,16?/m0/s1. The molecule has 1 fully saturated rings. The zero-order valence-corrected chi connectivity index (χ0v) is 21.0. The van der Waals surface area contributed by atoms with E-state index in [-0.39, 0.29) is 31.6 Å². The molecule has 13 nitrogen and oxygen atoms in total. The number of hydrogen-bond donors (Lipinski definition) is 1. The van der Waals surface area contributed by atoms with E-state index in [2.05, 4.69) is 24.9 Å². The highest BCUT2D eigenvalue weighted by Crippen LogP contribution is 2.29. The average Bonchev–Trinajstić information content (AvgIpc) is 3.23. The quantitative estimate of drug-likeness (QED) is 0.429. The Morgan fingerprint density at radius 2 is 1.85 bits per heavy atom. The molecule has 1 aliphatic heterocycles. The number of nitrogens with one attached hydrogen (secondary N) is 1. The summed E-state index contributed by atoms with van der Waals surface area (Å²) >= 11 is 5.85. The summed E-state index contributed by atoms with van der Waals surface area (Å²) in [6.45, 7) is 3.02. The van der Waals surface area contributed by atoms with Crippen LogP contribution in [-0.4, -0.2) is 92.8 Å². The van der Waals surface area contributed by atoms with Gasteiger partial charge in [-0.2, -0.15) is 0 Å². The van der Waals surface area contributed by atoms with Crippen molar-refractivity contribution in [2.75, 3.05) is 59.1 Å². The van der Waals surface area contributed by atoms with E-state index in [0.29, 0.717) is 24.1 Å². The molecule has 3 atom stereocenters. The third kappa shape index (κ3) is 6.19. The maximum atomic E-state index is 13.3. The van der Waals surface area contributed by atoms with Crippen molar-refractivity contribution in [3.63, 3.8) is 0 Å². The van der Waals surface area contributed by atoms with Crippen LogP contribution in [0.15, 0.2) is 12.4 Å². The third-order valence-corrected chi connectivity index (χ3v) is 7.10. The fourth-order valence-electron chi connectivity index (χ4n) is 3.53. The van der Waals surface area contributed by atoms with Crippen LogP contribution in [0.1, 0.15) is 36.8 Å². The molecule has 2 aromatic heterocycles. The van der Waals surface area contributed by atoms with Crippen LogP contribution in [0.5, 0.6) is 0 Å². The molecule has 3 rings (SSSR count). The van der Waals surface area contributed by atoms with Gasteiger partial charge in [-0.1, -0.05) is 11.6 Å². The fourth-order valence-corrected chi connectivity index (χ4v) is 4.77. The maximum Gasteiger partial charge on any atom is 0.240 e. The highest BCUT2D eigenvalue weighted by Gasteiger charge is 2.36. The number of hydrogen-bond acceptors (Lipinski definition) is 11. The predicted octanol–water partition coefficient (Wildman–Crippen LogP) is 1.16. The summed E-state index contributed by atoms with van der Waals surface area (Å²) in [5.74, 6) is 0.562. The van der Waals surface area contributed by atoms with Crippen LogP contribution in [0.25, 0.3) is 0 Å². The van der Waals surface area contributed by atoms with E-state index in [0.717, 1.165) is 0 Å². The van der Waals surface area contributed by atoms with Crippen LogP contribution < -0.4 is 4.72 Å². The van der Waals surface area contributed by atoms with Crippen LogP contribution in [0.4, 0.5) is 5.95 Å². The lowest BCUT2D eigenvalue weighted by molar-refractivity contribution is -0.0957. The van der Waals surface area contributed by atoms with E-state index in [1.165, 1.54) is 40.6 Å². The van der Waals surface area contributed by atoms with Gasteiger partial charge in [0.1, 0.15) is 17.5 Å². The molecular formula is C19H29ClN6O7S. The number of anilines is 1. The van der Waals surface area contributed by atoms with Crippen molar-refractivity contribution in [2.24, 2.45) is 0 Å². The van der Waals surface area contributed by atoms with Crippen molar-refractivity contribution in [1.82, 2.24) is 24.7 Å². The number of rotatable bonds is 12. The number of nitrogens with zero attached hydrogens (tertiary/aromatic N) is 5. The van der Waals surface area contributed by atoms with Crippen LogP contribution in [0, 0.1) is 0 Å². The Kier molecular flexibility index (Phi) is 9.53. The lowest BCUT2D eigenvalue weighted by Crippen LogP contribution is -2.35. The molecule has 190 valence electrons. The van der Waals surface area contributed by atoms with E-state index >= 15 is 0 Å². The highest BCUT2D eigenvalue weighted by atomic mass is 35.5. The lowest BCUT2D eigenvalue weighted by Gasteiger charge is -2.27. The molecule has 0 radical (unpaired) electrons. The second-order valence-corrected chi connectivity index (χ2v) is 9.99. The smallest absolute Gasteiger partial charge is 0.240 e. The zero-order valence-electron chi connectivity index (χ0n) is 19.4. The molecule has 0 bridgehead atoms. The molecule has 3 heterocycles. The number of sulfonamides is 1. The van der Waals surface area contributed by atoms with Crippen molar-refractivity contribution < 1.29 is 32.1 Å². The molecule has 34 heavy (non-hydrogen) atoms. The second kappa shape index (κ2) is 12.2. The fraction of sp³-hybridized carbons (Fsp3) is 0.684. The van der Waals surface area contributed by atoms with Crippen LogP contribution in [0.2, 0.25) is 5.02 Å². The van der Waals surface area contributed by atoms with Gasteiger partial charge in [0.15, 0.2) is 11.6 Å². The van der Waals surface area contributed by atoms with Gasteiger partial charge in [0, 0.05) is 33.7 Å². The van der Waals surface area contributed by atoms with Gasteiger partial charge in [-0.05, 0) is 6.92 Å². The number of ether oxygens (including phenoxy) is 5. The average molecular weight is 521 g/mol. The normalized spacial score (nSPS) is 18.7. The largest absolute Gasteiger partial charge is 0.382 e. The van der Waals surface area contributed by atoms with Crippen molar-refractivity contribution in [3.8, 4) is 0 Å². The highest BCUT2D eigenvalue weighted by molar-refractivity contribution is 7.93. The third-order valence-electron chi connectivity index (χ3n) is 5.21. The second-order valence-electron chi connectivity index (χ2n) is 7.52. The Balaban J connectivity index is 1.94. The first-order valence-electron chi connectivity index (χ1n) is 10.5. The number of halogens is 1. The molecular weight excluding hydrogens is 492 g/mol. The minimum atomic E-state index is -4.05. The minimum absolute atomic E-state index is 0.0120. The summed E-state index contributed by atoms with van der Waals surface area (Å²) in [4.78, 5) is 8.19. The first-order valence-corrected chi connectivity index (χ1v) is 12.4. The molecule has 15 heteroatoms. The molecule has 0 saturated carbocycles. The first kappa shape index (κ1) is 26.7. The predicted molar refractivity (Wildman–Crippen MR) is 121 cm³/mol. The summed E-state index contributed by atoms with van der Waals surface area (Å²) in [6.07, 6.45) is 1.26. The van der Waals surface area contributed by atoms with Crippen molar-refractivity contribution in [2.45, 2.75) is 30.4 Å². The van der Waals surface area contributed by atoms with E-state index in [9.17, 15) is 8.42 Å². The monoisotopic (exact) mass is 520 g/mol. The van der Waals surface area contributed by atoms with Crippen molar-refractivity contribution in [1.29, 1.82) is 0 Å². The number of aromatic nitrogens is 5. The maximum absolute atomic E-state index is 13.3. The topological polar surface area (TPSA) is 149 Å². The summed E-state index contributed by atoms with van der Waals surface area (Å²) in [5, 5.41) is 7.53. The van der Waals surface area contributed by atoms with E-state index in [1.54, 1.807) is 4.57 Å². The molecule has 0 amide bonds. The summed E-state index contributed by atoms with van der Waals surface area (Å²) < 4.78 is 58.2. The molecule has 0 spiro atoms. The Hall–Kier alpha value is -1.94. The van der Waals surface area contributed by atoms with Gasteiger partial charge in [-0.15, -0.1) is 10.2 Å². The van der Waals surface area contributed by atoms with E-state index < -0.39 is 33.5 Å². The molecule has 0 aliphatic carbocycles. The van der Waals surface area contributed by atoms with Gasteiger partial charge in [-0.25, -0.2) is 18.4 Å². The first-order chi connectivity index (χ1) is 16.3. The van der Waals surface area contributed by atoms with Crippen LogP contribution >= 0.6 is 11.6 Å². The zero-order chi connectivity index (χ0) is 24.7. The lowest BCUT2D eigenvalue weighted by atomic mass is 10.2. The van der Waals surface area contributed by atoms with Gasteiger partial charge < -0.3 is 23.7 Å². The molecule has 1 aliphatic rings.